The van der Waals surface area contributed by atoms with Crippen molar-refractivity contribution in [1.82, 2.24) is 10.6 Å². The Labute approximate surface area is 210 Å². The second kappa shape index (κ2) is 17.0. The summed E-state index contributed by atoms with van der Waals surface area (Å²) in [6, 6.07) is 6.75. The lowest BCUT2D eigenvalue weighted by atomic mass is 10.0. The Hall–Kier alpha value is -0.543. The number of thioether (sulfide) groups is 1. The lowest BCUT2D eigenvalue weighted by Crippen LogP contribution is -2.48. The second-order valence-corrected chi connectivity index (χ2v) is 13.0. The summed E-state index contributed by atoms with van der Waals surface area (Å²) in [6.45, 7) is 12.3. The normalized spacial score (nSPS) is 14.3. The van der Waals surface area contributed by atoms with Crippen molar-refractivity contribution in [3.05, 3.63) is 29.8 Å². The molecule has 0 saturated heterocycles. The van der Waals surface area contributed by atoms with Crippen LogP contribution in [0.25, 0.3) is 0 Å². The molecule has 34 heavy (non-hydrogen) atoms. The third-order valence-corrected chi connectivity index (χ3v) is 10.2. The minimum Gasteiger partial charge on any atom is -0.744 e. The Morgan fingerprint density at radius 1 is 0.971 bits per heavy atom. The number of rotatable bonds is 20. The molecule has 12 heteroatoms. The first-order chi connectivity index (χ1) is 16.2. The van der Waals surface area contributed by atoms with Crippen molar-refractivity contribution in [3.63, 3.8) is 0 Å². The minimum absolute atomic E-state index is 0.179. The van der Waals surface area contributed by atoms with E-state index in [0.29, 0.717) is 32.1 Å². The van der Waals surface area contributed by atoms with Gasteiger partial charge in [-0.2, -0.15) is 11.8 Å². The van der Waals surface area contributed by atoms with Gasteiger partial charge in [0.2, 0.25) is 0 Å². The van der Waals surface area contributed by atoms with E-state index >= 15 is 0 Å². The van der Waals surface area contributed by atoms with E-state index in [4.69, 9.17) is 13.3 Å². The Morgan fingerprint density at radius 2 is 1.53 bits per heavy atom. The zero-order chi connectivity index (χ0) is 25.5. The second-order valence-electron chi connectivity index (χ2n) is 7.80. The van der Waals surface area contributed by atoms with Gasteiger partial charge in [0.25, 0.3) is 0 Å². The smallest absolute Gasteiger partial charge is 0.502 e. The maximum Gasteiger partial charge on any atom is 0.502 e. The standard InChI is InChI=1S/C22H42N2O7S2Si/c1-5-29-34(30-6-2,31-7-3)15-14-23-12-13-24-16-21(25)18-32-17-19(4)20-8-10-22(11-9-20)33(26,27)28/h8-11,19,21,23-25H,5-7,12-18H2,1-4H3,(H,26,27,28)/p-1. The first kappa shape index (κ1) is 31.5. The highest BCUT2D eigenvalue weighted by Crippen LogP contribution is 2.22. The molecule has 1 aromatic carbocycles. The molecule has 1 aromatic rings. The van der Waals surface area contributed by atoms with Gasteiger partial charge in [-0.15, -0.1) is 0 Å². The van der Waals surface area contributed by atoms with Crippen molar-refractivity contribution in [2.75, 3.05) is 57.5 Å². The fourth-order valence-electron chi connectivity index (χ4n) is 3.31. The first-order valence-corrected chi connectivity index (χ1v) is 16.3. The van der Waals surface area contributed by atoms with Gasteiger partial charge < -0.3 is 33.6 Å². The van der Waals surface area contributed by atoms with Crippen LogP contribution in [-0.4, -0.2) is 90.5 Å². The predicted molar refractivity (Wildman–Crippen MR) is 137 cm³/mol. The van der Waals surface area contributed by atoms with Crippen LogP contribution in [0.2, 0.25) is 6.04 Å². The van der Waals surface area contributed by atoms with Crippen molar-refractivity contribution in [2.45, 2.75) is 50.7 Å². The number of aliphatic hydroxyl groups excluding tert-OH is 1. The van der Waals surface area contributed by atoms with Gasteiger partial charge in [-0.05, 0) is 56.7 Å². The molecule has 0 aliphatic rings. The number of nitrogens with one attached hydrogen (secondary N) is 2. The van der Waals surface area contributed by atoms with Crippen LogP contribution >= 0.6 is 11.8 Å². The van der Waals surface area contributed by atoms with Crippen molar-refractivity contribution in [2.24, 2.45) is 0 Å². The van der Waals surface area contributed by atoms with Crippen molar-refractivity contribution in [1.29, 1.82) is 0 Å². The Balaban J connectivity index is 2.19. The summed E-state index contributed by atoms with van der Waals surface area (Å²) >= 11 is 1.64. The molecular formula is C22H41N2O7S2Si-. The molecule has 0 spiro atoms. The Kier molecular flexibility index (Phi) is 15.7. The molecule has 1 rings (SSSR count). The van der Waals surface area contributed by atoms with Gasteiger partial charge in [0.1, 0.15) is 10.1 Å². The zero-order valence-electron chi connectivity index (χ0n) is 20.7. The molecule has 0 saturated carbocycles. The van der Waals surface area contributed by atoms with Crippen LogP contribution in [0.1, 0.15) is 39.2 Å². The van der Waals surface area contributed by atoms with E-state index in [2.05, 4.69) is 10.6 Å². The van der Waals surface area contributed by atoms with E-state index in [1.165, 1.54) is 12.1 Å². The summed E-state index contributed by atoms with van der Waals surface area (Å²) in [5, 5.41) is 16.8. The van der Waals surface area contributed by atoms with Crippen LogP contribution in [0.5, 0.6) is 0 Å². The van der Waals surface area contributed by atoms with Gasteiger partial charge >= 0.3 is 8.80 Å². The summed E-state index contributed by atoms with van der Waals surface area (Å²) in [5.74, 6) is 1.56. The van der Waals surface area contributed by atoms with Gasteiger partial charge in [-0.25, -0.2) is 8.42 Å². The van der Waals surface area contributed by atoms with E-state index in [0.717, 1.165) is 37.0 Å². The molecule has 0 aliphatic carbocycles. The van der Waals surface area contributed by atoms with Gasteiger partial charge in [-0.3, -0.25) is 0 Å². The van der Waals surface area contributed by atoms with Crippen LogP contribution in [0.15, 0.2) is 29.2 Å². The number of hydrogen-bond acceptors (Lipinski definition) is 10. The molecule has 0 aliphatic heterocycles. The van der Waals surface area contributed by atoms with E-state index < -0.39 is 25.0 Å². The lowest BCUT2D eigenvalue weighted by Gasteiger charge is -2.28. The monoisotopic (exact) mass is 537 g/mol. The molecule has 0 fully saturated rings. The van der Waals surface area contributed by atoms with Gasteiger partial charge in [0, 0.05) is 51.3 Å². The van der Waals surface area contributed by atoms with Crippen LogP contribution in [-0.2, 0) is 23.4 Å². The summed E-state index contributed by atoms with van der Waals surface area (Å²) in [7, 11) is -7.03. The molecule has 0 bridgehead atoms. The summed E-state index contributed by atoms with van der Waals surface area (Å²) in [4.78, 5) is -0.216. The number of benzene rings is 1. The number of aliphatic hydroxyl groups is 1. The topological polar surface area (TPSA) is 129 Å². The Morgan fingerprint density at radius 3 is 2.06 bits per heavy atom. The van der Waals surface area contributed by atoms with Crippen molar-refractivity contribution >= 4 is 30.7 Å². The van der Waals surface area contributed by atoms with Crippen LogP contribution in [0.3, 0.4) is 0 Å². The largest absolute Gasteiger partial charge is 0.744 e. The molecule has 0 amide bonds. The van der Waals surface area contributed by atoms with Crippen LogP contribution < -0.4 is 10.6 Å². The molecule has 198 valence electrons. The number of hydrogen-bond donors (Lipinski definition) is 3. The molecule has 0 radical (unpaired) electrons. The fraction of sp³-hybridized carbons (Fsp3) is 0.727. The maximum absolute atomic E-state index is 11.0. The Bertz CT molecular complexity index is 752. The maximum atomic E-state index is 11.0. The van der Waals surface area contributed by atoms with Gasteiger partial charge in [0.15, 0.2) is 0 Å². The third kappa shape index (κ3) is 12.4. The van der Waals surface area contributed by atoms with Gasteiger partial charge in [0.05, 0.1) is 11.0 Å². The highest BCUT2D eigenvalue weighted by molar-refractivity contribution is 7.99. The summed E-state index contributed by atoms with van der Waals surface area (Å²) < 4.78 is 50.6. The average Bonchev–Trinajstić information content (AvgIpc) is 2.78. The molecule has 0 heterocycles. The minimum atomic E-state index is -4.42. The molecule has 9 nitrogen and oxygen atoms in total. The highest BCUT2D eigenvalue weighted by Gasteiger charge is 2.39. The summed E-state index contributed by atoms with van der Waals surface area (Å²) in [5.41, 5.74) is 0.962. The van der Waals surface area contributed by atoms with Crippen molar-refractivity contribution in [3.8, 4) is 0 Å². The third-order valence-electron chi connectivity index (χ3n) is 4.98. The van der Waals surface area contributed by atoms with E-state index in [1.807, 2.05) is 27.7 Å². The molecule has 2 atom stereocenters. The van der Waals surface area contributed by atoms with E-state index in [1.54, 1.807) is 23.9 Å². The van der Waals surface area contributed by atoms with E-state index in [-0.39, 0.29) is 10.8 Å². The first-order valence-electron chi connectivity index (χ1n) is 11.8. The molecule has 0 aromatic heterocycles. The molecule has 3 N–H and O–H groups in total. The van der Waals surface area contributed by atoms with Gasteiger partial charge in [-0.1, -0.05) is 19.1 Å². The predicted octanol–water partition coefficient (Wildman–Crippen LogP) is 2.02. The van der Waals surface area contributed by atoms with E-state index in [9.17, 15) is 18.1 Å². The van der Waals surface area contributed by atoms with Crippen LogP contribution in [0.4, 0.5) is 0 Å². The average molecular weight is 538 g/mol. The summed E-state index contributed by atoms with van der Waals surface area (Å²) in [6.07, 6.45) is -0.459. The van der Waals surface area contributed by atoms with Crippen molar-refractivity contribution < 1.29 is 31.4 Å². The molecule has 2 unspecified atom stereocenters. The SMILES string of the molecule is CCO[Si](CCNCCNCC(O)CSCC(C)c1ccc(S(=O)(=O)[O-])cc1)(OCC)OCC. The highest BCUT2D eigenvalue weighted by atomic mass is 32.2. The lowest BCUT2D eigenvalue weighted by molar-refractivity contribution is 0.0714. The zero-order valence-corrected chi connectivity index (χ0v) is 23.4. The fourth-order valence-corrected chi connectivity index (χ4v) is 7.34. The molecular weight excluding hydrogens is 496 g/mol. The quantitative estimate of drug-likeness (QED) is 0.129. The van der Waals surface area contributed by atoms with Crippen LogP contribution in [0, 0.1) is 0 Å².